The first-order chi connectivity index (χ1) is 9.15. The average Bonchev–Trinajstić information content (AvgIpc) is 2.44. The van der Waals surface area contributed by atoms with E-state index < -0.39 is 18.1 Å². The molecule has 2 unspecified atom stereocenters. The topological polar surface area (TPSA) is 88.2 Å². The van der Waals surface area contributed by atoms with E-state index in [4.69, 9.17) is 5.73 Å². The molecule has 106 valence electrons. The van der Waals surface area contributed by atoms with Gasteiger partial charge in [0.05, 0.1) is 0 Å². The van der Waals surface area contributed by atoms with Crippen molar-refractivity contribution in [2.75, 3.05) is 18.6 Å². The summed E-state index contributed by atoms with van der Waals surface area (Å²) in [5.74, 6) is 0.420. The molecule has 1 aromatic heterocycles. The Morgan fingerprint density at radius 3 is 3.00 bits per heavy atom. The van der Waals surface area contributed by atoms with E-state index in [0.29, 0.717) is 19.4 Å². The van der Waals surface area contributed by atoms with Crippen molar-refractivity contribution < 1.29 is 9.90 Å². The molecule has 0 aliphatic carbocycles. The summed E-state index contributed by atoms with van der Waals surface area (Å²) in [5.41, 5.74) is 6.66. The lowest BCUT2D eigenvalue weighted by molar-refractivity contribution is -0.130. The van der Waals surface area contributed by atoms with Crippen LogP contribution in [0.2, 0.25) is 0 Å². The number of nitrogens with two attached hydrogens (primary N) is 1. The van der Waals surface area contributed by atoms with Crippen LogP contribution >= 0.6 is 11.8 Å². The summed E-state index contributed by atoms with van der Waals surface area (Å²) in [5, 5.41) is 12.4. The Hall–Kier alpha value is -1.11. The minimum Gasteiger partial charge on any atom is -0.382 e. The van der Waals surface area contributed by atoms with Gasteiger partial charge in [0.15, 0.2) is 0 Å². The van der Waals surface area contributed by atoms with Crippen molar-refractivity contribution >= 4 is 17.7 Å². The van der Waals surface area contributed by atoms with Gasteiger partial charge < -0.3 is 16.2 Å². The second kappa shape index (κ2) is 8.90. The largest absolute Gasteiger partial charge is 0.382 e. The lowest BCUT2D eigenvalue weighted by atomic mass is 10.1. The Morgan fingerprint density at radius 2 is 2.37 bits per heavy atom. The zero-order valence-electron chi connectivity index (χ0n) is 11.1. The molecule has 1 aromatic rings. The molecule has 1 amide bonds. The van der Waals surface area contributed by atoms with E-state index in [0.717, 1.165) is 11.4 Å². The molecule has 2 atom stereocenters. The van der Waals surface area contributed by atoms with Crippen molar-refractivity contribution in [2.45, 2.75) is 25.0 Å². The molecule has 1 rings (SSSR count). The fraction of sp³-hybridized carbons (Fsp3) is 0.538. The number of carbonyl (C=O) groups excluding carboxylic acids is 1. The minimum atomic E-state index is -1.14. The summed E-state index contributed by atoms with van der Waals surface area (Å²) < 4.78 is 0. The van der Waals surface area contributed by atoms with Crippen molar-refractivity contribution in [3.8, 4) is 0 Å². The molecule has 19 heavy (non-hydrogen) atoms. The molecule has 6 heteroatoms. The highest BCUT2D eigenvalue weighted by molar-refractivity contribution is 7.98. The molecule has 4 N–H and O–H groups in total. The zero-order valence-corrected chi connectivity index (χ0v) is 11.9. The van der Waals surface area contributed by atoms with Gasteiger partial charge in [0.2, 0.25) is 5.91 Å². The van der Waals surface area contributed by atoms with Gasteiger partial charge in [0.25, 0.3) is 0 Å². The summed E-state index contributed by atoms with van der Waals surface area (Å²) >= 11 is 1.64. The quantitative estimate of drug-likeness (QED) is 0.633. The van der Waals surface area contributed by atoms with Gasteiger partial charge in [0.1, 0.15) is 6.10 Å². The van der Waals surface area contributed by atoms with Crippen LogP contribution in [0.5, 0.6) is 0 Å². The first-order valence-corrected chi connectivity index (χ1v) is 7.64. The van der Waals surface area contributed by atoms with Crippen molar-refractivity contribution in [1.29, 1.82) is 0 Å². The molecule has 0 aliphatic rings. The molecular weight excluding hydrogens is 262 g/mol. The highest BCUT2D eigenvalue weighted by atomic mass is 32.2. The third-order valence-corrected chi connectivity index (χ3v) is 3.38. The molecule has 0 aromatic carbocycles. The highest BCUT2D eigenvalue weighted by Crippen LogP contribution is 2.03. The number of hydrogen-bond donors (Lipinski definition) is 3. The van der Waals surface area contributed by atoms with Gasteiger partial charge in [0, 0.05) is 30.9 Å². The second-order valence-electron chi connectivity index (χ2n) is 4.25. The van der Waals surface area contributed by atoms with Crippen LogP contribution in [0.1, 0.15) is 12.1 Å². The van der Waals surface area contributed by atoms with Gasteiger partial charge in [-0.1, -0.05) is 6.07 Å². The van der Waals surface area contributed by atoms with Gasteiger partial charge in [-0.15, -0.1) is 0 Å². The first-order valence-electron chi connectivity index (χ1n) is 6.25. The van der Waals surface area contributed by atoms with E-state index >= 15 is 0 Å². The van der Waals surface area contributed by atoms with Crippen molar-refractivity contribution in [3.63, 3.8) is 0 Å². The SMILES string of the molecule is CSCCC(N)C(O)C(=O)NCCc1ccccn1. The van der Waals surface area contributed by atoms with Gasteiger partial charge in [-0.05, 0) is 30.6 Å². The third kappa shape index (κ3) is 6.04. The van der Waals surface area contributed by atoms with E-state index in [1.54, 1.807) is 18.0 Å². The summed E-state index contributed by atoms with van der Waals surface area (Å²) in [6, 6.07) is 5.13. The number of thioether (sulfide) groups is 1. The monoisotopic (exact) mass is 283 g/mol. The summed E-state index contributed by atoms with van der Waals surface area (Å²) in [4.78, 5) is 15.8. The molecular formula is C13H21N3O2S. The van der Waals surface area contributed by atoms with Crippen LogP contribution in [0.4, 0.5) is 0 Å². The van der Waals surface area contributed by atoms with E-state index in [2.05, 4.69) is 10.3 Å². The lowest BCUT2D eigenvalue weighted by Gasteiger charge is -2.17. The molecule has 0 aliphatic heterocycles. The number of rotatable bonds is 8. The predicted octanol–water partition coefficient (Wildman–Crippen LogP) is 0.182. The van der Waals surface area contributed by atoms with Crippen molar-refractivity contribution in [2.24, 2.45) is 5.73 Å². The summed E-state index contributed by atoms with van der Waals surface area (Å²) in [6.45, 7) is 0.447. The normalized spacial score (nSPS) is 13.8. The Balaban J connectivity index is 2.26. The molecule has 0 saturated heterocycles. The number of pyridine rings is 1. The lowest BCUT2D eigenvalue weighted by Crippen LogP contribution is -2.47. The van der Waals surface area contributed by atoms with E-state index in [9.17, 15) is 9.90 Å². The van der Waals surface area contributed by atoms with Crippen LogP contribution in [0.3, 0.4) is 0 Å². The van der Waals surface area contributed by atoms with Gasteiger partial charge in [-0.2, -0.15) is 11.8 Å². The minimum absolute atomic E-state index is 0.412. The Labute approximate surface area is 118 Å². The number of nitrogens with one attached hydrogen (secondary N) is 1. The van der Waals surface area contributed by atoms with Crippen LogP contribution in [0.25, 0.3) is 0 Å². The molecule has 0 saturated carbocycles. The third-order valence-electron chi connectivity index (χ3n) is 2.74. The standard InChI is InChI=1S/C13H21N3O2S/c1-19-9-6-11(14)12(17)13(18)16-8-5-10-4-2-3-7-15-10/h2-4,7,11-12,17H,5-6,8-9,14H2,1H3,(H,16,18). The number of aromatic nitrogens is 1. The summed E-state index contributed by atoms with van der Waals surface area (Å²) in [6.07, 6.45) is 3.79. The van der Waals surface area contributed by atoms with Gasteiger partial charge in [-0.25, -0.2) is 0 Å². The van der Waals surface area contributed by atoms with Crippen LogP contribution < -0.4 is 11.1 Å². The van der Waals surface area contributed by atoms with Crippen LogP contribution in [0, 0.1) is 0 Å². The van der Waals surface area contributed by atoms with Crippen LogP contribution in [0.15, 0.2) is 24.4 Å². The summed E-state index contributed by atoms with van der Waals surface area (Å²) in [7, 11) is 0. The molecule has 1 heterocycles. The Kier molecular flexibility index (Phi) is 7.47. The number of amides is 1. The van der Waals surface area contributed by atoms with E-state index in [1.165, 1.54) is 0 Å². The first kappa shape index (κ1) is 15.9. The highest BCUT2D eigenvalue weighted by Gasteiger charge is 2.21. The molecule has 0 radical (unpaired) electrons. The molecule has 0 bridgehead atoms. The fourth-order valence-electron chi connectivity index (χ4n) is 1.57. The maximum atomic E-state index is 11.7. The zero-order chi connectivity index (χ0) is 14.1. The van der Waals surface area contributed by atoms with Gasteiger partial charge >= 0.3 is 0 Å². The Morgan fingerprint density at radius 1 is 1.58 bits per heavy atom. The smallest absolute Gasteiger partial charge is 0.250 e. The van der Waals surface area contributed by atoms with Crippen LogP contribution in [-0.4, -0.2) is 46.7 Å². The second-order valence-corrected chi connectivity index (χ2v) is 5.24. The molecule has 0 spiro atoms. The predicted molar refractivity (Wildman–Crippen MR) is 77.9 cm³/mol. The average molecular weight is 283 g/mol. The van der Waals surface area contributed by atoms with E-state index in [-0.39, 0.29) is 0 Å². The number of hydrogen-bond acceptors (Lipinski definition) is 5. The van der Waals surface area contributed by atoms with E-state index in [1.807, 2.05) is 24.5 Å². The van der Waals surface area contributed by atoms with Crippen molar-refractivity contribution in [3.05, 3.63) is 30.1 Å². The maximum Gasteiger partial charge on any atom is 0.250 e. The number of nitrogens with zero attached hydrogens (tertiary/aromatic N) is 1. The number of carbonyl (C=O) groups is 1. The van der Waals surface area contributed by atoms with Crippen molar-refractivity contribution in [1.82, 2.24) is 10.3 Å². The fourth-order valence-corrected chi connectivity index (χ4v) is 2.08. The van der Waals surface area contributed by atoms with Gasteiger partial charge in [-0.3, -0.25) is 9.78 Å². The maximum absolute atomic E-state index is 11.7. The molecule has 5 nitrogen and oxygen atoms in total. The van der Waals surface area contributed by atoms with Crippen LogP contribution in [-0.2, 0) is 11.2 Å². The number of aliphatic hydroxyl groups excluding tert-OH is 1. The Bertz CT molecular complexity index is 375. The molecule has 0 fully saturated rings. The number of aliphatic hydroxyl groups is 1.